The highest BCUT2D eigenvalue weighted by atomic mass is 15.1. The number of aliphatic imine (C=N–C) groups is 1. The van der Waals surface area contributed by atoms with Crippen molar-refractivity contribution in [2.75, 3.05) is 5.32 Å². The zero-order valence-electron chi connectivity index (χ0n) is 11.3. The van der Waals surface area contributed by atoms with Crippen molar-refractivity contribution in [3.63, 3.8) is 0 Å². The normalized spacial score (nSPS) is 11.6. The van der Waals surface area contributed by atoms with Crippen molar-refractivity contribution >= 4 is 11.6 Å². The Morgan fingerprint density at radius 1 is 1.37 bits per heavy atom. The van der Waals surface area contributed by atoms with Crippen LogP contribution in [0.3, 0.4) is 0 Å². The summed E-state index contributed by atoms with van der Waals surface area (Å²) in [6, 6.07) is 8.17. The SMILES string of the molecule is CCc1ccc(NC(N)=NCc2cncn2C)cc1. The third-order valence-corrected chi connectivity index (χ3v) is 2.96. The Bertz CT molecular complexity index is 553. The lowest BCUT2D eigenvalue weighted by Crippen LogP contribution is -2.22. The second-order valence-electron chi connectivity index (χ2n) is 4.37. The van der Waals surface area contributed by atoms with E-state index in [-0.39, 0.29) is 0 Å². The molecule has 0 fully saturated rings. The van der Waals surface area contributed by atoms with Gasteiger partial charge in [0.25, 0.3) is 0 Å². The maximum Gasteiger partial charge on any atom is 0.193 e. The summed E-state index contributed by atoms with van der Waals surface area (Å²) in [6.07, 6.45) is 4.56. The van der Waals surface area contributed by atoms with Gasteiger partial charge in [-0.15, -0.1) is 0 Å². The Labute approximate surface area is 113 Å². The number of benzene rings is 1. The molecule has 1 aromatic heterocycles. The molecule has 100 valence electrons. The molecule has 0 spiro atoms. The minimum absolute atomic E-state index is 0.408. The number of hydrogen-bond donors (Lipinski definition) is 2. The quantitative estimate of drug-likeness (QED) is 0.649. The Hall–Kier alpha value is -2.30. The summed E-state index contributed by atoms with van der Waals surface area (Å²) in [5, 5.41) is 3.07. The highest BCUT2D eigenvalue weighted by Crippen LogP contribution is 2.09. The van der Waals surface area contributed by atoms with E-state index in [2.05, 4.69) is 34.3 Å². The van der Waals surface area contributed by atoms with Gasteiger partial charge in [-0.1, -0.05) is 19.1 Å². The zero-order chi connectivity index (χ0) is 13.7. The Morgan fingerprint density at radius 2 is 2.11 bits per heavy atom. The molecule has 0 saturated heterocycles. The molecule has 0 atom stereocenters. The van der Waals surface area contributed by atoms with E-state index in [0.29, 0.717) is 12.5 Å². The average Bonchev–Trinajstić information content (AvgIpc) is 2.83. The van der Waals surface area contributed by atoms with Gasteiger partial charge in [0.05, 0.1) is 24.8 Å². The minimum Gasteiger partial charge on any atom is -0.370 e. The van der Waals surface area contributed by atoms with Crippen molar-refractivity contribution in [3.8, 4) is 0 Å². The number of nitrogens with one attached hydrogen (secondary N) is 1. The van der Waals surface area contributed by atoms with E-state index in [4.69, 9.17) is 5.73 Å². The maximum absolute atomic E-state index is 5.85. The van der Waals surface area contributed by atoms with Gasteiger partial charge in [-0.25, -0.2) is 9.98 Å². The van der Waals surface area contributed by atoms with Crippen LogP contribution in [0.2, 0.25) is 0 Å². The van der Waals surface area contributed by atoms with Crippen LogP contribution < -0.4 is 11.1 Å². The van der Waals surface area contributed by atoms with Crippen LogP contribution in [0.25, 0.3) is 0 Å². The molecule has 2 aromatic rings. The maximum atomic E-state index is 5.85. The highest BCUT2D eigenvalue weighted by molar-refractivity contribution is 5.92. The third kappa shape index (κ3) is 3.58. The molecule has 0 aliphatic rings. The first kappa shape index (κ1) is 13.1. The predicted octanol–water partition coefficient (Wildman–Crippen LogP) is 1.91. The number of nitrogens with zero attached hydrogens (tertiary/aromatic N) is 3. The molecule has 3 N–H and O–H groups in total. The summed E-state index contributed by atoms with van der Waals surface area (Å²) in [6.45, 7) is 2.65. The number of imidazole rings is 1. The summed E-state index contributed by atoms with van der Waals surface area (Å²) >= 11 is 0. The van der Waals surface area contributed by atoms with Crippen LogP contribution in [0.5, 0.6) is 0 Å². The summed E-state index contributed by atoms with van der Waals surface area (Å²) in [5.74, 6) is 0.408. The van der Waals surface area contributed by atoms with Crippen molar-refractivity contribution in [1.82, 2.24) is 9.55 Å². The van der Waals surface area contributed by atoms with E-state index in [1.165, 1.54) is 5.56 Å². The lowest BCUT2D eigenvalue weighted by atomic mass is 10.1. The van der Waals surface area contributed by atoms with E-state index in [1.807, 2.05) is 23.7 Å². The number of nitrogens with two attached hydrogens (primary N) is 1. The number of rotatable bonds is 4. The van der Waals surface area contributed by atoms with Gasteiger partial charge in [-0.2, -0.15) is 0 Å². The predicted molar refractivity (Wildman–Crippen MR) is 78.0 cm³/mol. The molecule has 0 aliphatic heterocycles. The smallest absolute Gasteiger partial charge is 0.193 e. The van der Waals surface area contributed by atoms with E-state index in [9.17, 15) is 0 Å². The summed E-state index contributed by atoms with van der Waals surface area (Å²) in [7, 11) is 1.94. The van der Waals surface area contributed by atoms with Gasteiger partial charge in [0.2, 0.25) is 0 Å². The van der Waals surface area contributed by atoms with Crippen LogP contribution in [0, 0.1) is 0 Å². The van der Waals surface area contributed by atoms with Crippen molar-refractivity contribution in [2.24, 2.45) is 17.8 Å². The van der Waals surface area contributed by atoms with E-state index >= 15 is 0 Å². The lowest BCUT2D eigenvalue weighted by molar-refractivity contribution is 0.820. The second-order valence-corrected chi connectivity index (χ2v) is 4.37. The molecular weight excluding hydrogens is 238 g/mol. The number of anilines is 1. The van der Waals surface area contributed by atoms with E-state index in [1.54, 1.807) is 12.5 Å². The van der Waals surface area contributed by atoms with Gasteiger partial charge in [-0.3, -0.25) is 0 Å². The molecule has 0 amide bonds. The van der Waals surface area contributed by atoms with Gasteiger partial charge >= 0.3 is 0 Å². The molecule has 2 rings (SSSR count). The molecule has 0 unspecified atom stereocenters. The van der Waals surface area contributed by atoms with Crippen LogP contribution >= 0.6 is 0 Å². The minimum atomic E-state index is 0.408. The third-order valence-electron chi connectivity index (χ3n) is 2.96. The van der Waals surface area contributed by atoms with Crippen LogP contribution in [0.1, 0.15) is 18.2 Å². The molecule has 19 heavy (non-hydrogen) atoms. The summed E-state index contributed by atoms with van der Waals surface area (Å²) in [5.41, 5.74) is 9.12. The Balaban J connectivity index is 1.96. The fourth-order valence-electron chi connectivity index (χ4n) is 1.71. The van der Waals surface area contributed by atoms with E-state index in [0.717, 1.165) is 17.8 Å². The first-order valence-corrected chi connectivity index (χ1v) is 6.30. The van der Waals surface area contributed by atoms with Crippen LogP contribution in [0.4, 0.5) is 5.69 Å². The molecule has 0 aliphatic carbocycles. The first-order chi connectivity index (χ1) is 9.19. The van der Waals surface area contributed by atoms with Gasteiger partial charge in [0.15, 0.2) is 5.96 Å². The van der Waals surface area contributed by atoms with Crippen LogP contribution in [-0.2, 0) is 20.0 Å². The van der Waals surface area contributed by atoms with Gasteiger partial charge in [0, 0.05) is 12.7 Å². The molecule has 0 saturated carbocycles. The molecule has 1 aromatic carbocycles. The largest absolute Gasteiger partial charge is 0.370 e. The fourth-order valence-corrected chi connectivity index (χ4v) is 1.71. The van der Waals surface area contributed by atoms with Crippen molar-refractivity contribution < 1.29 is 0 Å². The van der Waals surface area contributed by atoms with Crippen molar-refractivity contribution in [2.45, 2.75) is 19.9 Å². The van der Waals surface area contributed by atoms with Gasteiger partial charge in [0.1, 0.15) is 0 Å². The van der Waals surface area contributed by atoms with Crippen molar-refractivity contribution in [1.29, 1.82) is 0 Å². The Morgan fingerprint density at radius 3 is 2.68 bits per heavy atom. The van der Waals surface area contributed by atoms with Crippen LogP contribution in [0.15, 0.2) is 41.8 Å². The molecule has 5 nitrogen and oxygen atoms in total. The highest BCUT2D eigenvalue weighted by Gasteiger charge is 1.98. The second kappa shape index (κ2) is 6.04. The van der Waals surface area contributed by atoms with Crippen LogP contribution in [-0.4, -0.2) is 15.5 Å². The first-order valence-electron chi connectivity index (χ1n) is 6.30. The molecule has 1 heterocycles. The number of hydrogen-bond acceptors (Lipinski definition) is 2. The number of guanidine groups is 1. The fraction of sp³-hybridized carbons (Fsp3) is 0.286. The molecule has 0 bridgehead atoms. The molecule has 5 heteroatoms. The standard InChI is InChI=1S/C14H19N5/c1-3-11-4-6-12(7-5-11)18-14(15)17-9-13-8-16-10-19(13)2/h4-8,10H,3,9H2,1-2H3,(H3,15,17,18). The zero-order valence-corrected chi connectivity index (χ0v) is 11.3. The monoisotopic (exact) mass is 257 g/mol. The average molecular weight is 257 g/mol. The van der Waals surface area contributed by atoms with E-state index < -0.39 is 0 Å². The number of aromatic nitrogens is 2. The number of aryl methyl sites for hydroxylation is 2. The molecular formula is C14H19N5. The lowest BCUT2D eigenvalue weighted by Gasteiger charge is -2.06. The van der Waals surface area contributed by atoms with Crippen molar-refractivity contribution in [3.05, 3.63) is 48.0 Å². The topological polar surface area (TPSA) is 68.2 Å². The van der Waals surface area contributed by atoms with Gasteiger partial charge < -0.3 is 15.6 Å². The van der Waals surface area contributed by atoms with Gasteiger partial charge in [-0.05, 0) is 24.1 Å². The Kier molecular flexibility index (Phi) is 4.18. The summed E-state index contributed by atoms with van der Waals surface area (Å²) in [4.78, 5) is 8.32. The molecule has 0 radical (unpaired) electrons. The summed E-state index contributed by atoms with van der Waals surface area (Å²) < 4.78 is 1.92.